The van der Waals surface area contributed by atoms with Crippen LogP contribution in [0.15, 0.2) is 17.6 Å². The lowest BCUT2D eigenvalue weighted by molar-refractivity contribution is 0.698. The molecule has 2 aromatic rings. The van der Waals surface area contributed by atoms with Gasteiger partial charge in [0.1, 0.15) is 5.01 Å². The molecule has 0 aliphatic rings. The zero-order valence-corrected chi connectivity index (χ0v) is 10.8. The number of nitrogens with two attached hydrogens (primary N) is 1. The summed E-state index contributed by atoms with van der Waals surface area (Å²) in [6, 6.07) is 1.94. The van der Waals surface area contributed by atoms with E-state index in [1.807, 2.05) is 17.6 Å². The summed E-state index contributed by atoms with van der Waals surface area (Å²) in [7, 11) is 0. The van der Waals surface area contributed by atoms with Gasteiger partial charge in [0.25, 0.3) is 0 Å². The minimum absolute atomic E-state index is 0.821. The Morgan fingerprint density at radius 2 is 2.31 bits per heavy atom. The minimum atomic E-state index is 0.821. The summed E-state index contributed by atoms with van der Waals surface area (Å²) in [5.74, 6) is 0. The highest BCUT2D eigenvalue weighted by Crippen LogP contribution is 2.18. The molecule has 2 rings (SSSR count). The first-order chi connectivity index (χ1) is 7.79. The van der Waals surface area contributed by atoms with E-state index >= 15 is 0 Å². The Morgan fingerprint density at radius 1 is 1.44 bits per heavy atom. The van der Waals surface area contributed by atoms with E-state index in [2.05, 4.69) is 17.2 Å². The first kappa shape index (κ1) is 11.6. The number of thiophene rings is 1. The third-order valence-electron chi connectivity index (χ3n) is 2.29. The highest BCUT2D eigenvalue weighted by Gasteiger charge is 2.02. The molecule has 2 heterocycles. The molecular formula is C11H15N3S2. The van der Waals surface area contributed by atoms with Gasteiger partial charge < -0.3 is 11.1 Å². The Kier molecular flexibility index (Phi) is 3.93. The predicted molar refractivity (Wildman–Crippen MR) is 70.8 cm³/mol. The Balaban J connectivity index is 1.82. The maximum Gasteiger partial charge on any atom is 0.107 e. The lowest BCUT2D eigenvalue weighted by Gasteiger charge is -2.01. The predicted octanol–water partition coefficient (Wildman–Crippen LogP) is 2.64. The van der Waals surface area contributed by atoms with E-state index in [-0.39, 0.29) is 0 Å². The molecule has 0 saturated carbocycles. The number of hydrogen-bond acceptors (Lipinski definition) is 5. The van der Waals surface area contributed by atoms with Gasteiger partial charge in [-0.3, -0.25) is 0 Å². The molecule has 86 valence electrons. The van der Waals surface area contributed by atoms with Crippen molar-refractivity contribution in [2.24, 2.45) is 0 Å². The highest BCUT2D eigenvalue weighted by atomic mass is 32.1. The average molecular weight is 253 g/mol. The fraction of sp³-hybridized carbons (Fsp3) is 0.364. The van der Waals surface area contributed by atoms with E-state index in [1.54, 1.807) is 22.7 Å². The van der Waals surface area contributed by atoms with Crippen molar-refractivity contribution in [1.29, 1.82) is 0 Å². The highest BCUT2D eigenvalue weighted by molar-refractivity contribution is 7.11. The van der Waals surface area contributed by atoms with Gasteiger partial charge in [-0.25, -0.2) is 4.98 Å². The zero-order chi connectivity index (χ0) is 11.4. The lowest BCUT2D eigenvalue weighted by Crippen LogP contribution is -2.12. The SMILES string of the molecule is CCc1cnc(CNCc2sccc2N)s1. The average Bonchev–Trinajstić information content (AvgIpc) is 2.89. The van der Waals surface area contributed by atoms with Crippen LogP contribution < -0.4 is 11.1 Å². The molecule has 0 saturated heterocycles. The van der Waals surface area contributed by atoms with E-state index in [9.17, 15) is 0 Å². The number of nitrogens with zero attached hydrogens (tertiary/aromatic N) is 1. The van der Waals surface area contributed by atoms with Crippen molar-refractivity contribution in [1.82, 2.24) is 10.3 Å². The van der Waals surface area contributed by atoms with Crippen molar-refractivity contribution in [3.05, 3.63) is 32.4 Å². The smallest absolute Gasteiger partial charge is 0.107 e. The van der Waals surface area contributed by atoms with Crippen LogP contribution in [0.3, 0.4) is 0 Å². The summed E-state index contributed by atoms with van der Waals surface area (Å²) in [5.41, 5.74) is 6.68. The van der Waals surface area contributed by atoms with Crippen LogP contribution in [0.25, 0.3) is 0 Å². The molecule has 0 aromatic carbocycles. The van der Waals surface area contributed by atoms with Gasteiger partial charge in [-0.05, 0) is 17.9 Å². The third-order valence-corrected chi connectivity index (χ3v) is 4.37. The standard InChI is InChI=1S/C11H15N3S2/c1-2-8-5-14-11(16-8)7-13-6-10-9(12)3-4-15-10/h3-5,13H,2,6-7,12H2,1H3. The summed E-state index contributed by atoms with van der Waals surface area (Å²) in [5, 5.41) is 6.52. The first-order valence-corrected chi connectivity index (χ1v) is 6.95. The minimum Gasteiger partial charge on any atom is -0.398 e. The Morgan fingerprint density at radius 3 is 2.94 bits per heavy atom. The summed E-state index contributed by atoms with van der Waals surface area (Å²) in [4.78, 5) is 6.90. The molecule has 3 nitrogen and oxygen atoms in total. The Labute approximate surface area is 103 Å². The molecule has 0 amide bonds. The van der Waals surface area contributed by atoms with Crippen molar-refractivity contribution >= 4 is 28.4 Å². The fourth-order valence-corrected chi connectivity index (χ4v) is 2.97. The summed E-state index contributed by atoms with van der Waals surface area (Å²) in [6.07, 6.45) is 3.02. The second kappa shape index (κ2) is 5.43. The van der Waals surface area contributed by atoms with E-state index in [0.29, 0.717) is 0 Å². The van der Waals surface area contributed by atoms with Crippen molar-refractivity contribution in [2.75, 3.05) is 5.73 Å². The van der Waals surface area contributed by atoms with E-state index < -0.39 is 0 Å². The van der Waals surface area contributed by atoms with Crippen LogP contribution in [-0.2, 0) is 19.5 Å². The molecule has 0 aliphatic heterocycles. The zero-order valence-electron chi connectivity index (χ0n) is 9.19. The number of nitrogens with one attached hydrogen (secondary N) is 1. The Hall–Kier alpha value is -0.910. The molecule has 16 heavy (non-hydrogen) atoms. The van der Waals surface area contributed by atoms with Gasteiger partial charge in [-0.15, -0.1) is 22.7 Å². The van der Waals surface area contributed by atoms with Crippen molar-refractivity contribution < 1.29 is 0 Å². The van der Waals surface area contributed by atoms with Crippen molar-refractivity contribution in [3.8, 4) is 0 Å². The fourth-order valence-electron chi connectivity index (χ4n) is 1.37. The van der Waals surface area contributed by atoms with Gasteiger partial charge >= 0.3 is 0 Å². The Bertz CT molecular complexity index is 448. The monoisotopic (exact) mass is 253 g/mol. The molecule has 0 atom stereocenters. The van der Waals surface area contributed by atoms with E-state index in [0.717, 1.165) is 30.2 Å². The number of aromatic nitrogens is 1. The van der Waals surface area contributed by atoms with E-state index in [1.165, 1.54) is 9.75 Å². The van der Waals surface area contributed by atoms with Gasteiger partial charge in [-0.2, -0.15) is 0 Å². The number of rotatable bonds is 5. The molecule has 0 fully saturated rings. The molecule has 2 aromatic heterocycles. The van der Waals surface area contributed by atoms with Crippen molar-refractivity contribution in [3.63, 3.8) is 0 Å². The summed E-state index contributed by atoms with van der Waals surface area (Å²) < 4.78 is 0. The molecule has 0 bridgehead atoms. The van der Waals surface area contributed by atoms with E-state index in [4.69, 9.17) is 5.73 Å². The van der Waals surface area contributed by atoms with Crippen LogP contribution in [0.2, 0.25) is 0 Å². The number of anilines is 1. The van der Waals surface area contributed by atoms with Crippen LogP contribution in [0.5, 0.6) is 0 Å². The quantitative estimate of drug-likeness (QED) is 0.861. The van der Waals surface area contributed by atoms with Crippen LogP contribution in [0, 0.1) is 0 Å². The summed E-state index contributed by atoms with van der Waals surface area (Å²) in [6.45, 7) is 3.80. The molecule has 0 unspecified atom stereocenters. The number of hydrogen-bond donors (Lipinski definition) is 2. The molecule has 5 heteroatoms. The first-order valence-electron chi connectivity index (χ1n) is 5.25. The molecular weight excluding hydrogens is 238 g/mol. The van der Waals surface area contributed by atoms with Crippen LogP contribution in [0.4, 0.5) is 5.69 Å². The molecule has 0 aliphatic carbocycles. The third kappa shape index (κ3) is 2.81. The van der Waals surface area contributed by atoms with Gasteiger partial charge in [0.05, 0.1) is 0 Å². The second-order valence-electron chi connectivity index (χ2n) is 3.48. The van der Waals surface area contributed by atoms with Gasteiger partial charge in [-0.1, -0.05) is 6.92 Å². The maximum atomic E-state index is 5.80. The largest absolute Gasteiger partial charge is 0.398 e. The van der Waals surface area contributed by atoms with Crippen molar-refractivity contribution in [2.45, 2.75) is 26.4 Å². The number of thiazole rings is 1. The molecule has 0 radical (unpaired) electrons. The maximum absolute atomic E-state index is 5.80. The number of nitrogen functional groups attached to an aromatic ring is 1. The van der Waals surface area contributed by atoms with Crippen LogP contribution in [-0.4, -0.2) is 4.98 Å². The second-order valence-corrected chi connectivity index (χ2v) is 5.68. The molecule has 0 spiro atoms. The van der Waals surface area contributed by atoms with Gasteiger partial charge in [0.15, 0.2) is 0 Å². The molecule has 3 N–H and O–H groups in total. The van der Waals surface area contributed by atoms with Crippen LogP contribution >= 0.6 is 22.7 Å². The summed E-state index contributed by atoms with van der Waals surface area (Å²) >= 11 is 3.46. The van der Waals surface area contributed by atoms with Gasteiger partial charge in [0.2, 0.25) is 0 Å². The topological polar surface area (TPSA) is 50.9 Å². The lowest BCUT2D eigenvalue weighted by atomic mass is 10.4. The van der Waals surface area contributed by atoms with Gasteiger partial charge in [0, 0.05) is 34.7 Å². The normalized spacial score (nSPS) is 10.8. The number of aryl methyl sites for hydroxylation is 1. The van der Waals surface area contributed by atoms with Crippen LogP contribution in [0.1, 0.15) is 21.7 Å².